The van der Waals surface area contributed by atoms with Gasteiger partial charge in [0.05, 0.1) is 0 Å². The van der Waals surface area contributed by atoms with Gasteiger partial charge in [0.25, 0.3) is 0 Å². The molecule has 1 saturated carbocycles. The van der Waals surface area contributed by atoms with E-state index in [4.69, 9.17) is 0 Å². The van der Waals surface area contributed by atoms with E-state index in [1.807, 2.05) is 11.3 Å². The SMILES string of the molecule is c1cc(-c2ccc3ccccc3c2)c(-c2ccc(N(c3ccc(C4CCCCC4)cc3)c3ccc4c(c3)sc3ccccc34)cc2)c(-c2ccc3ccccc3c2)c1. The Bertz CT molecular complexity index is 3000. The molecule has 11 rings (SSSR count). The summed E-state index contributed by atoms with van der Waals surface area (Å²) < 4.78 is 2.64. The van der Waals surface area contributed by atoms with Crippen LogP contribution >= 0.6 is 11.3 Å². The summed E-state index contributed by atoms with van der Waals surface area (Å²) in [6.07, 6.45) is 6.65. The molecule has 1 heterocycles. The third-order valence-electron chi connectivity index (χ3n) is 12.4. The van der Waals surface area contributed by atoms with Gasteiger partial charge in [-0.15, -0.1) is 11.3 Å². The molecule has 58 heavy (non-hydrogen) atoms. The largest absolute Gasteiger partial charge is 0.310 e. The van der Waals surface area contributed by atoms with E-state index >= 15 is 0 Å². The predicted molar refractivity (Wildman–Crippen MR) is 251 cm³/mol. The Morgan fingerprint density at radius 2 is 0.914 bits per heavy atom. The molecule has 0 atom stereocenters. The lowest BCUT2D eigenvalue weighted by atomic mass is 9.84. The van der Waals surface area contributed by atoms with Crippen molar-refractivity contribution in [3.05, 3.63) is 200 Å². The van der Waals surface area contributed by atoms with Crippen LogP contribution in [0.1, 0.15) is 43.6 Å². The van der Waals surface area contributed by atoms with Crippen LogP contribution in [0.25, 0.3) is 75.1 Å². The second-order valence-corrected chi connectivity index (χ2v) is 17.0. The van der Waals surface area contributed by atoms with Crippen LogP contribution in [-0.2, 0) is 0 Å². The smallest absolute Gasteiger partial charge is 0.0476 e. The molecule has 0 N–H and O–H groups in total. The number of fused-ring (bicyclic) bond motifs is 5. The molecule has 10 aromatic rings. The average Bonchev–Trinajstić information content (AvgIpc) is 3.67. The van der Waals surface area contributed by atoms with Crippen LogP contribution < -0.4 is 4.90 Å². The van der Waals surface area contributed by atoms with Gasteiger partial charge in [0.2, 0.25) is 0 Å². The van der Waals surface area contributed by atoms with E-state index in [1.54, 1.807) is 0 Å². The summed E-state index contributed by atoms with van der Waals surface area (Å²) in [5.41, 5.74) is 12.3. The van der Waals surface area contributed by atoms with E-state index in [-0.39, 0.29) is 0 Å². The van der Waals surface area contributed by atoms with Crippen molar-refractivity contribution in [1.82, 2.24) is 0 Å². The zero-order chi connectivity index (χ0) is 38.4. The standard InChI is InChI=1S/C56H43NS/c1-2-11-38(12-3-1)41-25-29-47(30-26-41)57(49-33-34-53-52-17-8-9-20-54(52)58-55(53)37-49)48-31-27-42(28-32-48)56-50(45-23-21-39-13-4-6-15-43(39)35-45)18-10-19-51(56)46-24-22-40-14-5-7-16-44(40)36-46/h4-10,13-38H,1-3,11-12H2. The average molecular weight is 762 g/mol. The summed E-state index contributed by atoms with van der Waals surface area (Å²) in [5.74, 6) is 0.671. The molecule has 0 saturated heterocycles. The zero-order valence-corrected chi connectivity index (χ0v) is 33.3. The Morgan fingerprint density at radius 1 is 0.379 bits per heavy atom. The van der Waals surface area contributed by atoms with Crippen LogP contribution in [0.2, 0.25) is 0 Å². The summed E-state index contributed by atoms with van der Waals surface area (Å²) in [7, 11) is 0. The predicted octanol–water partition coefficient (Wildman–Crippen LogP) is 16.9. The summed E-state index contributed by atoms with van der Waals surface area (Å²) in [6.45, 7) is 0. The Kier molecular flexibility index (Phi) is 8.86. The molecule has 1 aromatic heterocycles. The first-order valence-corrected chi connectivity index (χ1v) is 21.6. The highest BCUT2D eigenvalue weighted by Crippen LogP contribution is 2.45. The Morgan fingerprint density at radius 3 is 1.57 bits per heavy atom. The molecule has 0 bridgehead atoms. The van der Waals surface area contributed by atoms with Gasteiger partial charge in [-0.1, -0.05) is 159 Å². The molecule has 1 aliphatic carbocycles. The third-order valence-corrected chi connectivity index (χ3v) is 13.6. The molecule has 278 valence electrons. The van der Waals surface area contributed by atoms with Crippen molar-refractivity contribution < 1.29 is 0 Å². The second-order valence-electron chi connectivity index (χ2n) is 15.9. The molecular weight excluding hydrogens is 719 g/mol. The van der Waals surface area contributed by atoms with Crippen molar-refractivity contribution in [3.63, 3.8) is 0 Å². The highest BCUT2D eigenvalue weighted by molar-refractivity contribution is 7.25. The van der Waals surface area contributed by atoms with E-state index in [1.165, 1.54) is 124 Å². The van der Waals surface area contributed by atoms with Gasteiger partial charge in [0.15, 0.2) is 0 Å². The summed E-state index contributed by atoms with van der Waals surface area (Å²) in [4.78, 5) is 2.44. The third kappa shape index (κ3) is 6.35. The van der Waals surface area contributed by atoms with Crippen LogP contribution in [0, 0.1) is 0 Å². The molecule has 1 nitrogen and oxygen atoms in total. The first kappa shape index (κ1) is 34.7. The van der Waals surface area contributed by atoms with E-state index in [9.17, 15) is 0 Å². The lowest BCUT2D eigenvalue weighted by Gasteiger charge is -2.27. The fourth-order valence-corrected chi connectivity index (χ4v) is 10.6. The molecule has 0 radical (unpaired) electrons. The van der Waals surface area contributed by atoms with Gasteiger partial charge in [-0.2, -0.15) is 0 Å². The maximum absolute atomic E-state index is 2.44. The van der Waals surface area contributed by atoms with E-state index in [2.05, 4.69) is 199 Å². The molecule has 2 heteroatoms. The van der Waals surface area contributed by atoms with Crippen molar-refractivity contribution >= 4 is 70.1 Å². The number of anilines is 3. The number of thiophene rings is 1. The fraction of sp³-hybridized carbons (Fsp3) is 0.107. The molecule has 0 unspecified atom stereocenters. The highest BCUT2D eigenvalue weighted by Gasteiger charge is 2.20. The van der Waals surface area contributed by atoms with Crippen molar-refractivity contribution in [2.24, 2.45) is 0 Å². The van der Waals surface area contributed by atoms with Crippen LogP contribution in [0.5, 0.6) is 0 Å². The number of nitrogens with zero attached hydrogens (tertiary/aromatic N) is 1. The van der Waals surface area contributed by atoms with Gasteiger partial charge >= 0.3 is 0 Å². The van der Waals surface area contributed by atoms with Crippen LogP contribution in [0.4, 0.5) is 17.1 Å². The van der Waals surface area contributed by atoms with Gasteiger partial charge in [-0.3, -0.25) is 0 Å². The highest BCUT2D eigenvalue weighted by atomic mass is 32.1. The topological polar surface area (TPSA) is 3.24 Å². The van der Waals surface area contributed by atoms with Crippen LogP contribution in [0.3, 0.4) is 0 Å². The quantitative estimate of drug-likeness (QED) is 0.156. The van der Waals surface area contributed by atoms with Crippen molar-refractivity contribution in [3.8, 4) is 33.4 Å². The lowest BCUT2D eigenvalue weighted by Crippen LogP contribution is -2.10. The van der Waals surface area contributed by atoms with Crippen molar-refractivity contribution in [2.75, 3.05) is 4.90 Å². The van der Waals surface area contributed by atoms with E-state index < -0.39 is 0 Å². The molecule has 1 fully saturated rings. The Hall–Kier alpha value is -6.48. The van der Waals surface area contributed by atoms with Crippen LogP contribution in [-0.4, -0.2) is 0 Å². The molecule has 0 spiro atoms. The number of rotatable bonds is 7. The van der Waals surface area contributed by atoms with Crippen molar-refractivity contribution in [2.45, 2.75) is 38.0 Å². The minimum atomic E-state index is 0.671. The molecule has 0 aliphatic heterocycles. The van der Waals surface area contributed by atoms with Gasteiger partial charge in [0, 0.05) is 37.2 Å². The first-order valence-electron chi connectivity index (χ1n) is 20.8. The Balaban J connectivity index is 1.06. The molecule has 1 aliphatic rings. The van der Waals surface area contributed by atoms with Crippen LogP contribution in [0.15, 0.2) is 194 Å². The minimum absolute atomic E-state index is 0.671. The van der Waals surface area contributed by atoms with Crippen molar-refractivity contribution in [1.29, 1.82) is 0 Å². The normalized spacial score (nSPS) is 13.4. The van der Waals surface area contributed by atoms with Gasteiger partial charge in [0.1, 0.15) is 0 Å². The van der Waals surface area contributed by atoms with E-state index in [0.29, 0.717) is 5.92 Å². The van der Waals surface area contributed by atoms with Gasteiger partial charge < -0.3 is 4.90 Å². The van der Waals surface area contributed by atoms with E-state index in [0.717, 1.165) is 5.69 Å². The number of hydrogen-bond acceptors (Lipinski definition) is 2. The summed E-state index contributed by atoms with van der Waals surface area (Å²) >= 11 is 1.88. The Labute approximate surface area is 344 Å². The fourth-order valence-electron chi connectivity index (χ4n) is 9.47. The minimum Gasteiger partial charge on any atom is -0.310 e. The maximum Gasteiger partial charge on any atom is 0.0476 e. The summed E-state index contributed by atoms with van der Waals surface area (Å²) in [5, 5.41) is 7.65. The molecule has 0 amide bonds. The number of hydrogen-bond donors (Lipinski definition) is 0. The van der Waals surface area contributed by atoms with Gasteiger partial charge in [-0.25, -0.2) is 0 Å². The number of benzene rings is 9. The zero-order valence-electron chi connectivity index (χ0n) is 32.4. The summed E-state index contributed by atoms with van der Waals surface area (Å²) in [6, 6.07) is 72.4. The van der Waals surface area contributed by atoms with Gasteiger partial charge in [-0.05, 0) is 134 Å². The first-order chi connectivity index (χ1) is 28.7. The molecule has 9 aromatic carbocycles. The monoisotopic (exact) mass is 761 g/mol. The second kappa shape index (κ2) is 14.8. The lowest BCUT2D eigenvalue weighted by molar-refractivity contribution is 0.443. The maximum atomic E-state index is 2.44. The molecular formula is C56H43NS.